The number of ether oxygens (including phenoxy) is 1. The maximum absolute atomic E-state index is 13.5. The Balaban J connectivity index is 2.31. The Kier molecular flexibility index (Phi) is 3.27. The zero-order chi connectivity index (χ0) is 13.1. The first-order valence-electron chi connectivity index (χ1n) is 5.30. The zero-order valence-electron chi connectivity index (χ0n) is 10.1. The molecule has 5 nitrogen and oxygen atoms in total. The molecule has 94 valence electrons. The van der Waals surface area contributed by atoms with Crippen molar-refractivity contribution in [2.75, 3.05) is 24.7 Å². The lowest BCUT2D eigenvalue weighted by Crippen LogP contribution is -2.12. The normalized spacial score (nSPS) is 10.2. The topological polar surface area (TPSA) is 64.3 Å². The van der Waals surface area contributed by atoms with E-state index in [-0.39, 0.29) is 17.3 Å². The third kappa shape index (κ3) is 2.48. The van der Waals surface area contributed by atoms with Crippen molar-refractivity contribution in [2.45, 2.75) is 0 Å². The van der Waals surface area contributed by atoms with Crippen molar-refractivity contribution in [3.63, 3.8) is 0 Å². The number of halogens is 1. The van der Waals surface area contributed by atoms with Crippen LogP contribution in [0.15, 0.2) is 30.5 Å². The number of hydrogen-bond acceptors (Lipinski definition) is 5. The van der Waals surface area contributed by atoms with Gasteiger partial charge < -0.3 is 15.4 Å². The molecule has 0 fully saturated rings. The first-order chi connectivity index (χ1) is 8.58. The van der Waals surface area contributed by atoms with E-state index in [0.717, 1.165) is 0 Å². The monoisotopic (exact) mass is 248 g/mol. The highest BCUT2D eigenvalue weighted by Crippen LogP contribution is 2.29. The predicted molar refractivity (Wildman–Crippen MR) is 67.2 cm³/mol. The molecule has 0 aliphatic carbocycles. The van der Waals surface area contributed by atoms with Gasteiger partial charge in [-0.1, -0.05) is 6.07 Å². The third-order valence-corrected chi connectivity index (χ3v) is 2.22. The molecule has 0 saturated heterocycles. The van der Waals surface area contributed by atoms with E-state index in [0.29, 0.717) is 5.95 Å². The fraction of sp³-hybridized carbons (Fsp3) is 0.167. The lowest BCUT2D eigenvalue weighted by molar-refractivity contribution is 0.429. The fourth-order valence-electron chi connectivity index (χ4n) is 1.34. The van der Waals surface area contributed by atoms with Crippen LogP contribution in [0, 0.1) is 5.82 Å². The van der Waals surface area contributed by atoms with Gasteiger partial charge in [0, 0.05) is 26.4 Å². The van der Waals surface area contributed by atoms with Gasteiger partial charge in [-0.15, -0.1) is 0 Å². The van der Waals surface area contributed by atoms with Gasteiger partial charge in [0.05, 0.1) is 5.69 Å². The van der Waals surface area contributed by atoms with Crippen LogP contribution >= 0.6 is 0 Å². The highest BCUT2D eigenvalue weighted by Gasteiger charge is 2.10. The van der Waals surface area contributed by atoms with Crippen LogP contribution in [-0.4, -0.2) is 24.1 Å². The molecule has 0 aliphatic heterocycles. The van der Waals surface area contributed by atoms with Gasteiger partial charge in [-0.05, 0) is 12.1 Å². The van der Waals surface area contributed by atoms with Crippen LogP contribution in [-0.2, 0) is 0 Å². The van der Waals surface area contributed by atoms with Gasteiger partial charge in [-0.2, -0.15) is 4.98 Å². The molecule has 1 heterocycles. The van der Waals surface area contributed by atoms with Crippen molar-refractivity contribution >= 4 is 11.6 Å². The van der Waals surface area contributed by atoms with Crippen LogP contribution in [0.1, 0.15) is 0 Å². The number of nitrogen functional groups attached to an aromatic ring is 1. The van der Waals surface area contributed by atoms with Crippen molar-refractivity contribution < 1.29 is 9.13 Å². The Hall–Kier alpha value is -2.37. The minimum absolute atomic E-state index is 0.0269. The molecule has 0 spiro atoms. The number of aromatic nitrogens is 2. The van der Waals surface area contributed by atoms with Gasteiger partial charge in [0.1, 0.15) is 0 Å². The molecule has 0 radical (unpaired) electrons. The third-order valence-electron chi connectivity index (χ3n) is 2.22. The first kappa shape index (κ1) is 12.1. The van der Waals surface area contributed by atoms with Crippen molar-refractivity contribution in [1.29, 1.82) is 0 Å². The second kappa shape index (κ2) is 4.87. The van der Waals surface area contributed by atoms with Crippen LogP contribution in [0.3, 0.4) is 0 Å². The largest absolute Gasteiger partial charge is 0.434 e. The Morgan fingerprint density at radius 2 is 2.06 bits per heavy atom. The summed E-state index contributed by atoms with van der Waals surface area (Å²) in [6.07, 6.45) is 1.54. The SMILES string of the molecule is CN(C)c1nccc(Oc2c(N)cccc2F)n1. The molecule has 6 heteroatoms. The average molecular weight is 248 g/mol. The van der Waals surface area contributed by atoms with Gasteiger partial charge >= 0.3 is 0 Å². The summed E-state index contributed by atoms with van der Waals surface area (Å²) in [4.78, 5) is 9.88. The molecule has 0 amide bonds. The summed E-state index contributed by atoms with van der Waals surface area (Å²) in [5.74, 6) is 0.161. The summed E-state index contributed by atoms with van der Waals surface area (Å²) in [6, 6.07) is 5.90. The quantitative estimate of drug-likeness (QED) is 0.842. The standard InChI is InChI=1S/C12H13FN4O/c1-17(2)12-15-7-6-10(16-12)18-11-8(13)4-3-5-9(11)14/h3-7H,14H2,1-2H3. The second-order valence-corrected chi connectivity index (χ2v) is 3.85. The summed E-state index contributed by atoms with van der Waals surface area (Å²) >= 11 is 0. The number of nitrogens with zero attached hydrogens (tertiary/aromatic N) is 3. The number of nitrogens with two attached hydrogens (primary N) is 1. The molecule has 2 aromatic rings. The molecule has 2 rings (SSSR count). The summed E-state index contributed by atoms with van der Waals surface area (Å²) < 4.78 is 18.9. The minimum atomic E-state index is -0.528. The molecular formula is C12H13FN4O. The molecule has 0 unspecified atom stereocenters. The van der Waals surface area contributed by atoms with E-state index in [1.165, 1.54) is 18.3 Å². The molecule has 0 bridgehead atoms. The second-order valence-electron chi connectivity index (χ2n) is 3.85. The Morgan fingerprint density at radius 1 is 1.28 bits per heavy atom. The average Bonchev–Trinajstić information content (AvgIpc) is 2.34. The summed E-state index contributed by atoms with van der Waals surface area (Å²) in [6.45, 7) is 0. The van der Waals surface area contributed by atoms with E-state index in [1.54, 1.807) is 31.1 Å². The maximum atomic E-state index is 13.5. The van der Waals surface area contributed by atoms with E-state index in [9.17, 15) is 4.39 Å². The first-order valence-corrected chi connectivity index (χ1v) is 5.30. The Bertz CT molecular complexity index is 539. The van der Waals surface area contributed by atoms with Gasteiger partial charge in [0.25, 0.3) is 0 Å². The molecule has 2 N–H and O–H groups in total. The van der Waals surface area contributed by atoms with Gasteiger partial charge in [-0.25, -0.2) is 9.37 Å². The highest BCUT2D eigenvalue weighted by molar-refractivity contribution is 5.54. The minimum Gasteiger partial charge on any atom is -0.434 e. The molecule has 1 aromatic heterocycles. The van der Waals surface area contributed by atoms with Crippen LogP contribution < -0.4 is 15.4 Å². The summed E-state index contributed by atoms with van der Waals surface area (Å²) in [7, 11) is 3.60. The molecule has 0 aliphatic rings. The lowest BCUT2D eigenvalue weighted by Gasteiger charge is -2.12. The number of anilines is 2. The van der Waals surface area contributed by atoms with E-state index in [1.807, 2.05) is 0 Å². The molecule has 0 saturated carbocycles. The van der Waals surface area contributed by atoms with Crippen LogP contribution in [0.5, 0.6) is 11.6 Å². The van der Waals surface area contributed by atoms with E-state index in [2.05, 4.69) is 9.97 Å². The summed E-state index contributed by atoms with van der Waals surface area (Å²) in [5.41, 5.74) is 5.87. The van der Waals surface area contributed by atoms with Gasteiger partial charge in [-0.3, -0.25) is 0 Å². The van der Waals surface area contributed by atoms with E-state index >= 15 is 0 Å². The molecular weight excluding hydrogens is 235 g/mol. The van der Waals surface area contributed by atoms with Crippen LogP contribution in [0.25, 0.3) is 0 Å². The number of benzene rings is 1. The molecule has 18 heavy (non-hydrogen) atoms. The lowest BCUT2D eigenvalue weighted by atomic mass is 10.3. The molecule has 1 aromatic carbocycles. The van der Waals surface area contributed by atoms with Crippen molar-refractivity contribution in [2.24, 2.45) is 0 Å². The van der Waals surface area contributed by atoms with Gasteiger partial charge in [0.2, 0.25) is 11.8 Å². The Morgan fingerprint density at radius 3 is 2.72 bits per heavy atom. The zero-order valence-corrected chi connectivity index (χ0v) is 10.1. The van der Waals surface area contributed by atoms with Crippen molar-refractivity contribution in [1.82, 2.24) is 9.97 Å². The van der Waals surface area contributed by atoms with Crippen LogP contribution in [0.2, 0.25) is 0 Å². The fourth-order valence-corrected chi connectivity index (χ4v) is 1.34. The Labute approximate surface area is 104 Å². The number of rotatable bonds is 3. The maximum Gasteiger partial charge on any atom is 0.228 e. The highest BCUT2D eigenvalue weighted by atomic mass is 19.1. The van der Waals surface area contributed by atoms with E-state index < -0.39 is 5.82 Å². The van der Waals surface area contributed by atoms with Crippen LogP contribution in [0.4, 0.5) is 16.0 Å². The van der Waals surface area contributed by atoms with Crippen molar-refractivity contribution in [3.8, 4) is 11.6 Å². The van der Waals surface area contributed by atoms with E-state index in [4.69, 9.17) is 10.5 Å². The predicted octanol–water partition coefficient (Wildman–Crippen LogP) is 2.06. The number of para-hydroxylation sites is 1. The molecule has 0 atom stereocenters. The van der Waals surface area contributed by atoms with Gasteiger partial charge in [0.15, 0.2) is 11.6 Å². The summed E-state index contributed by atoms with van der Waals surface area (Å²) in [5, 5.41) is 0. The van der Waals surface area contributed by atoms with Crippen molar-refractivity contribution in [3.05, 3.63) is 36.3 Å². The number of hydrogen-bond donors (Lipinski definition) is 1. The smallest absolute Gasteiger partial charge is 0.228 e.